The topological polar surface area (TPSA) is 15.3 Å². The third-order valence-corrected chi connectivity index (χ3v) is 3.12. The van der Waals surface area contributed by atoms with Gasteiger partial charge in [0, 0.05) is 24.8 Å². The molecule has 1 aromatic rings. The SMILES string of the molecule is C=CCN(CC=C)c1ccc(C(CC)NC)cc1. The Labute approximate surface area is 111 Å². The fraction of sp³-hybridized carbons (Fsp3) is 0.375. The summed E-state index contributed by atoms with van der Waals surface area (Å²) < 4.78 is 0. The summed E-state index contributed by atoms with van der Waals surface area (Å²) in [5, 5.41) is 3.32. The summed E-state index contributed by atoms with van der Waals surface area (Å²) in [4.78, 5) is 2.24. The van der Waals surface area contributed by atoms with Gasteiger partial charge in [-0.25, -0.2) is 0 Å². The summed E-state index contributed by atoms with van der Waals surface area (Å²) in [5.74, 6) is 0. The van der Waals surface area contributed by atoms with Crippen molar-refractivity contribution >= 4 is 5.69 Å². The molecule has 0 aliphatic heterocycles. The Bertz CT molecular complexity index is 353. The third kappa shape index (κ3) is 3.74. The fourth-order valence-electron chi connectivity index (χ4n) is 2.12. The van der Waals surface area contributed by atoms with E-state index >= 15 is 0 Å². The maximum absolute atomic E-state index is 3.79. The summed E-state index contributed by atoms with van der Waals surface area (Å²) in [6, 6.07) is 9.16. The number of anilines is 1. The Morgan fingerprint density at radius 2 is 1.72 bits per heavy atom. The van der Waals surface area contributed by atoms with Gasteiger partial charge in [0.05, 0.1) is 0 Å². The quantitative estimate of drug-likeness (QED) is 0.704. The molecule has 2 heteroatoms. The van der Waals surface area contributed by atoms with Gasteiger partial charge in [-0.15, -0.1) is 13.2 Å². The standard InChI is InChI=1S/C16H24N2/c1-5-12-18(13-6-2)15-10-8-14(9-11-15)16(7-3)17-4/h5-6,8-11,16-17H,1-2,7,12-13H2,3-4H3. The van der Waals surface area contributed by atoms with Crippen LogP contribution in [0.2, 0.25) is 0 Å². The molecule has 0 fully saturated rings. The Morgan fingerprint density at radius 3 is 2.11 bits per heavy atom. The molecule has 1 unspecified atom stereocenters. The first-order chi connectivity index (χ1) is 8.76. The van der Waals surface area contributed by atoms with E-state index in [1.807, 2.05) is 19.2 Å². The van der Waals surface area contributed by atoms with E-state index in [9.17, 15) is 0 Å². The lowest BCUT2D eigenvalue weighted by molar-refractivity contribution is 0.577. The monoisotopic (exact) mass is 244 g/mol. The number of hydrogen-bond acceptors (Lipinski definition) is 2. The minimum atomic E-state index is 0.436. The highest BCUT2D eigenvalue weighted by Gasteiger charge is 2.07. The number of nitrogens with one attached hydrogen (secondary N) is 1. The first kappa shape index (κ1) is 14.5. The summed E-state index contributed by atoms with van der Waals surface area (Å²) in [5.41, 5.74) is 2.55. The van der Waals surface area contributed by atoms with Crippen LogP contribution in [0.15, 0.2) is 49.6 Å². The van der Waals surface area contributed by atoms with Crippen LogP contribution in [-0.2, 0) is 0 Å². The zero-order chi connectivity index (χ0) is 13.4. The highest BCUT2D eigenvalue weighted by atomic mass is 15.1. The molecule has 0 saturated carbocycles. The molecular formula is C16H24N2. The first-order valence-electron chi connectivity index (χ1n) is 6.50. The molecule has 98 valence electrons. The average molecular weight is 244 g/mol. The molecule has 1 rings (SSSR count). The van der Waals surface area contributed by atoms with E-state index in [1.54, 1.807) is 0 Å². The van der Waals surface area contributed by atoms with Crippen molar-refractivity contribution in [3.63, 3.8) is 0 Å². The van der Waals surface area contributed by atoms with Gasteiger partial charge in [0.1, 0.15) is 0 Å². The first-order valence-corrected chi connectivity index (χ1v) is 6.50. The second-order valence-corrected chi connectivity index (χ2v) is 4.32. The number of rotatable bonds is 8. The van der Waals surface area contributed by atoms with Gasteiger partial charge in [0.25, 0.3) is 0 Å². The van der Waals surface area contributed by atoms with Crippen molar-refractivity contribution in [2.45, 2.75) is 19.4 Å². The molecule has 2 nitrogen and oxygen atoms in total. The van der Waals surface area contributed by atoms with Gasteiger partial charge in [-0.3, -0.25) is 0 Å². The van der Waals surface area contributed by atoms with Gasteiger partial charge < -0.3 is 10.2 Å². The van der Waals surface area contributed by atoms with Crippen LogP contribution in [0.4, 0.5) is 5.69 Å². The average Bonchev–Trinajstić information content (AvgIpc) is 2.41. The fourth-order valence-corrected chi connectivity index (χ4v) is 2.12. The lowest BCUT2D eigenvalue weighted by atomic mass is 10.0. The van der Waals surface area contributed by atoms with Gasteiger partial charge in [0.2, 0.25) is 0 Å². The van der Waals surface area contributed by atoms with Crippen LogP contribution in [0, 0.1) is 0 Å². The second kappa shape index (κ2) is 7.72. The molecule has 1 N–H and O–H groups in total. The van der Waals surface area contributed by atoms with Gasteiger partial charge in [-0.05, 0) is 31.2 Å². The highest BCUT2D eigenvalue weighted by molar-refractivity contribution is 5.49. The second-order valence-electron chi connectivity index (χ2n) is 4.32. The molecular weight excluding hydrogens is 220 g/mol. The molecule has 0 saturated heterocycles. The van der Waals surface area contributed by atoms with Crippen molar-refractivity contribution in [2.24, 2.45) is 0 Å². The zero-order valence-corrected chi connectivity index (χ0v) is 11.5. The molecule has 0 spiro atoms. The smallest absolute Gasteiger partial charge is 0.0372 e. The predicted octanol–water partition coefficient (Wildman–Crippen LogP) is 3.54. The van der Waals surface area contributed by atoms with Crippen LogP contribution in [0.25, 0.3) is 0 Å². The van der Waals surface area contributed by atoms with Crippen molar-refractivity contribution < 1.29 is 0 Å². The van der Waals surface area contributed by atoms with E-state index in [-0.39, 0.29) is 0 Å². The summed E-state index contributed by atoms with van der Waals surface area (Å²) in [6.07, 6.45) is 4.93. The number of hydrogen-bond donors (Lipinski definition) is 1. The van der Waals surface area contributed by atoms with Gasteiger partial charge in [0.15, 0.2) is 0 Å². The van der Waals surface area contributed by atoms with Crippen LogP contribution in [0.1, 0.15) is 24.9 Å². The van der Waals surface area contributed by atoms with E-state index in [2.05, 4.69) is 54.6 Å². The van der Waals surface area contributed by atoms with Crippen molar-refractivity contribution in [1.29, 1.82) is 0 Å². The van der Waals surface area contributed by atoms with E-state index in [4.69, 9.17) is 0 Å². The summed E-state index contributed by atoms with van der Waals surface area (Å²) >= 11 is 0. The maximum Gasteiger partial charge on any atom is 0.0372 e. The molecule has 1 atom stereocenters. The highest BCUT2D eigenvalue weighted by Crippen LogP contribution is 2.21. The normalized spacial score (nSPS) is 11.9. The van der Waals surface area contributed by atoms with Gasteiger partial charge in [-0.2, -0.15) is 0 Å². The van der Waals surface area contributed by atoms with Crippen LogP contribution in [-0.4, -0.2) is 20.1 Å². The Kier molecular flexibility index (Phi) is 6.23. The number of benzene rings is 1. The predicted molar refractivity (Wildman–Crippen MR) is 81.1 cm³/mol. The molecule has 0 bridgehead atoms. The number of nitrogens with zero attached hydrogens (tertiary/aromatic N) is 1. The van der Waals surface area contributed by atoms with Gasteiger partial charge >= 0.3 is 0 Å². The molecule has 0 aliphatic rings. The Hall–Kier alpha value is -1.54. The minimum absolute atomic E-state index is 0.436. The lowest BCUT2D eigenvalue weighted by Gasteiger charge is -2.22. The molecule has 0 amide bonds. The van der Waals surface area contributed by atoms with Crippen LogP contribution < -0.4 is 10.2 Å². The van der Waals surface area contributed by atoms with E-state index in [0.717, 1.165) is 19.5 Å². The summed E-state index contributed by atoms with van der Waals surface area (Å²) in [7, 11) is 2.00. The van der Waals surface area contributed by atoms with Crippen LogP contribution >= 0.6 is 0 Å². The van der Waals surface area contributed by atoms with Gasteiger partial charge in [-0.1, -0.05) is 31.2 Å². The molecule has 0 heterocycles. The molecule has 0 aromatic heterocycles. The van der Waals surface area contributed by atoms with Crippen molar-refractivity contribution in [1.82, 2.24) is 5.32 Å². The van der Waals surface area contributed by atoms with E-state index < -0.39 is 0 Å². The summed E-state index contributed by atoms with van der Waals surface area (Å²) in [6.45, 7) is 11.5. The van der Waals surface area contributed by atoms with E-state index in [1.165, 1.54) is 11.3 Å². The molecule has 1 aromatic carbocycles. The van der Waals surface area contributed by atoms with Crippen molar-refractivity contribution in [2.75, 3.05) is 25.0 Å². The minimum Gasteiger partial charge on any atom is -0.364 e. The maximum atomic E-state index is 3.79. The third-order valence-electron chi connectivity index (χ3n) is 3.12. The molecule has 18 heavy (non-hydrogen) atoms. The molecule has 0 aliphatic carbocycles. The van der Waals surface area contributed by atoms with Crippen molar-refractivity contribution in [3.05, 3.63) is 55.1 Å². The van der Waals surface area contributed by atoms with Crippen LogP contribution in [0.5, 0.6) is 0 Å². The molecule has 0 radical (unpaired) electrons. The van der Waals surface area contributed by atoms with Crippen LogP contribution in [0.3, 0.4) is 0 Å². The van der Waals surface area contributed by atoms with E-state index in [0.29, 0.717) is 6.04 Å². The Morgan fingerprint density at radius 1 is 1.17 bits per heavy atom. The van der Waals surface area contributed by atoms with Crippen molar-refractivity contribution in [3.8, 4) is 0 Å². The Balaban J connectivity index is 2.85. The largest absolute Gasteiger partial charge is 0.364 e. The zero-order valence-electron chi connectivity index (χ0n) is 11.5. The lowest BCUT2D eigenvalue weighted by Crippen LogP contribution is -2.23.